The van der Waals surface area contributed by atoms with Gasteiger partial charge >= 0.3 is 11.9 Å². The zero-order valence-electron chi connectivity index (χ0n) is 10.4. The van der Waals surface area contributed by atoms with Crippen LogP contribution in [0.25, 0.3) is 0 Å². The minimum absolute atomic E-state index is 0.105. The maximum atomic E-state index is 11.4. The number of hydrogen-bond acceptors (Lipinski definition) is 6. The van der Waals surface area contributed by atoms with Gasteiger partial charge in [-0.1, -0.05) is 11.8 Å². The maximum absolute atomic E-state index is 11.4. The number of carbonyl (C=O) groups excluding carboxylic acids is 1. The first kappa shape index (κ1) is 14.0. The smallest absolute Gasteiger partial charge is 0.356 e. The topological polar surface area (TPSA) is 89.4 Å². The van der Waals surface area contributed by atoms with Crippen LogP contribution in [0.5, 0.6) is 0 Å². The highest BCUT2D eigenvalue weighted by molar-refractivity contribution is 7.99. The van der Waals surface area contributed by atoms with Gasteiger partial charge in [0.15, 0.2) is 0 Å². The van der Waals surface area contributed by atoms with E-state index in [4.69, 9.17) is 5.11 Å². The number of carboxylic acid groups (broad SMARTS) is 1. The molecule has 0 saturated carbocycles. The van der Waals surface area contributed by atoms with E-state index in [1.165, 1.54) is 31.6 Å². The molecule has 0 unspecified atom stereocenters. The summed E-state index contributed by atoms with van der Waals surface area (Å²) in [6, 6.07) is 6.22. The molecule has 2 rings (SSSR count). The molecule has 0 fully saturated rings. The van der Waals surface area contributed by atoms with Crippen LogP contribution in [0.1, 0.15) is 20.8 Å². The molecule has 0 amide bonds. The Hall–Kier alpha value is -2.41. The number of methoxy groups -OCH3 is 1. The molecule has 0 aromatic carbocycles. The molecule has 2 aromatic heterocycles. The third kappa shape index (κ3) is 3.12. The number of pyridine rings is 2. The summed E-state index contributed by atoms with van der Waals surface area (Å²) in [5.74, 6) is -1.60. The minimum atomic E-state index is -1.05. The number of rotatable bonds is 4. The number of carbonyl (C=O) groups is 2. The van der Waals surface area contributed by atoms with Gasteiger partial charge in [0, 0.05) is 17.3 Å². The molecule has 1 N–H and O–H groups in total. The van der Waals surface area contributed by atoms with Crippen LogP contribution in [0.4, 0.5) is 0 Å². The zero-order valence-corrected chi connectivity index (χ0v) is 11.3. The van der Waals surface area contributed by atoms with Crippen molar-refractivity contribution in [3.05, 3.63) is 47.9 Å². The van der Waals surface area contributed by atoms with Crippen LogP contribution in [-0.2, 0) is 4.74 Å². The predicted octanol–water partition coefficient (Wildman–Crippen LogP) is 2.11. The van der Waals surface area contributed by atoms with Gasteiger partial charge in [-0.15, -0.1) is 0 Å². The molecule has 0 spiro atoms. The van der Waals surface area contributed by atoms with Gasteiger partial charge in [-0.05, 0) is 24.3 Å². The Morgan fingerprint density at radius 2 is 2.05 bits per heavy atom. The van der Waals surface area contributed by atoms with Gasteiger partial charge < -0.3 is 9.84 Å². The summed E-state index contributed by atoms with van der Waals surface area (Å²) in [5, 5.41) is 9.43. The van der Waals surface area contributed by atoms with Gasteiger partial charge in [-0.3, -0.25) is 0 Å². The summed E-state index contributed by atoms with van der Waals surface area (Å²) in [7, 11) is 1.27. The number of aromatic nitrogens is 2. The fraction of sp³-hybridized carbons (Fsp3) is 0.0769. The highest BCUT2D eigenvalue weighted by Gasteiger charge is 2.13. The van der Waals surface area contributed by atoms with Crippen molar-refractivity contribution in [2.45, 2.75) is 9.92 Å². The van der Waals surface area contributed by atoms with Crippen molar-refractivity contribution in [2.24, 2.45) is 0 Å². The first-order valence-corrected chi connectivity index (χ1v) is 6.34. The molecule has 102 valence electrons. The van der Waals surface area contributed by atoms with E-state index in [0.717, 1.165) is 11.8 Å². The van der Waals surface area contributed by atoms with E-state index in [1.807, 2.05) is 0 Å². The summed E-state index contributed by atoms with van der Waals surface area (Å²) in [5.41, 5.74) is 0.263. The van der Waals surface area contributed by atoms with Gasteiger partial charge in [-0.2, -0.15) is 0 Å². The zero-order chi connectivity index (χ0) is 14.5. The van der Waals surface area contributed by atoms with Crippen molar-refractivity contribution in [3.8, 4) is 0 Å². The molecule has 0 aliphatic heterocycles. The van der Waals surface area contributed by atoms with Crippen molar-refractivity contribution < 1.29 is 19.4 Å². The second kappa shape index (κ2) is 6.16. The lowest BCUT2D eigenvalue weighted by atomic mass is 10.3. The second-order valence-corrected chi connectivity index (χ2v) is 4.69. The molecule has 0 atom stereocenters. The number of aromatic carboxylic acids is 1. The summed E-state index contributed by atoms with van der Waals surface area (Å²) in [6.07, 6.45) is 2.97. The summed E-state index contributed by atoms with van der Waals surface area (Å²) in [4.78, 5) is 31.1. The molecule has 7 heteroatoms. The van der Waals surface area contributed by atoms with E-state index in [1.54, 1.807) is 12.1 Å². The Morgan fingerprint density at radius 3 is 2.75 bits per heavy atom. The van der Waals surface area contributed by atoms with E-state index in [0.29, 0.717) is 9.92 Å². The molecule has 2 heterocycles. The molecule has 0 aliphatic carbocycles. The van der Waals surface area contributed by atoms with Crippen LogP contribution >= 0.6 is 11.8 Å². The molecule has 0 saturated heterocycles. The summed E-state index contributed by atoms with van der Waals surface area (Å²) < 4.78 is 4.58. The fourth-order valence-electron chi connectivity index (χ4n) is 1.44. The summed E-state index contributed by atoms with van der Waals surface area (Å²) in [6.45, 7) is 0. The number of nitrogens with zero attached hydrogens (tertiary/aromatic N) is 2. The van der Waals surface area contributed by atoms with Gasteiger partial charge in [-0.25, -0.2) is 19.6 Å². The lowest BCUT2D eigenvalue weighted by Gasteiger charge is -2.05. The lowest BCUT2D eigenvalue weighted by molar-refractivity contribution is 0.0592. The molecule has 0 aliphatic rings. The van der Waals surface area contributed by atoms with E-state index in [9.17, 15) is 9.59 Å². The molecule has 6 nitrogen and oxygen atoms in total. The monoisotopic (exact) mass is 290 g/mol. The van der Waals surface area contributed by atoms with Crippen molar-refractivity contribution >= 4 is 23.7 Å². The third-order valence-corrected chi connectivity index (χ3v) is 3.35. The van der Waals surface area contributed by atoms with Crippen LogP contribution < -0.4 is 0 Å². The van der Waals surface area contributed by atoms with Gasteiger partial charge in [0.05, 0.1) is 12.7 Å². The SMILES string of the molecule is COC(=O)c1cc(Sc2ncccc2C(=O)O)ccn1. The average molecular weight is 290 g/mol. The van der Waals surface area contributed by atoms with E-state index in [-0.39, 0.29) is 11.3 Å². The van der Waals surface area contributed by atoms with Crippen LogP contribution in [0.2, 0.25) is 0 Å². The second-order valence-electron chi connectivity index (χ2n) is 3.63. The van der Waals surface area contributed by atoms with Crippen molar-refractivity contribution in [1.29, 1.82) is 0 Å². The third-order valence-electron chi connectivity index (χ3n) is 2.34. The molecule has 0 radical (unpaired) electrons. The first-order valence-electron chi connectivity index (χ1n) is 5.52. The van der Waals surface area contributed by atoms with E-state index in [2.05, 4.69) is 14.7 Å². The quantitative estimate of drug-likeness (QED) is 0.862. The van der Waals surface area contributed by atoms with Crippen molar-refractivity contribution in [1.82, 2.24) is 9.97 Å². The Morgan fingerprint density at radius 1 is 1.25 bits per heavy atom. The summed E-state index contributed by atoms with van der Waals surface area (Å²) >= 11 is 1.14. The number of carboxylic acids is 1. The Kier molecular flexibility index (Phi) is 4.31. The highest BCUT2D eigenvalue weighted by atomic mass is 32.2. The molecule has 0 bridgehead atoms. The molecule has 2 aromatic rings. The number of ether oxygens (including phenoxy) is 1. The first-order chi connectivity index (χ1) is 9.61. The molecular formula is C13H10N2O4S. The normalized spacial score (nSPS) is 10.1. The fourth-order valence-corrected chi connectivity index (χ4v) is 2.34. The molecular weight excluding hydrogens is 280 g/mol. The lowest BCUT2D eigenvalue weighted by Crippen LogP contribution is -2.04. The van der Waals surface area contributed by atoms with Crippen LogP contribution in [-0.4, -0.2) is 34.1 Å². The van der Waals surface area contributed by atoms with Crippen LogP contribution in [0.15, 0.2) is 46.6 Å². The van der Waals surface area contributed by atoms with Crippen LogP contribution in [0.3, 0.4) is 0 Å². The Bertz CT molecular complexity index is 660. The number of esters is 1. The largest absolute Gasteiger partial charge is 0.478 e. The van der Waals surface area contributed by atoms with E-state index < -0.39 is 11.9 Å². The van der Waals surface area contributed by atoms with Gasteiger partial charge in [0.1, 0.15) is 10.7 Å². The standard InChI is InChI=1S/C13H10N2O4S/c1-19-13(18)10-7-8(4-6-14-10)20-11-9(12(16)17)3-2-5-15-11/h2-7H,1H3,(H,16,17). The minimum Gasteiger partial charge on any atom is -0.478 e. The molecule has 20 heavy (non-hydrogen) atoms. The van der Waals surface area contributed by atoms with Gasteiger partial charge in [0.25, 0.3) is 0 Å². The van der Waals surface area contributed by atoms with Gasteiger partial charge in [0.2, 0.25) is 0 Å². The average Bonchev–Trinajstić information content (AvgIpc) is 2.47. The van der Waals surface area contributed by atoms with Crippen molar-refractivity contribution in [2.75, 3.05) is 7.11 Å². The predicted molar refractivity (Wildman–Crippen MR) is 70.9 cm³/mol. The highest BCUT2D eigenvalue weighted by Crippen LogP contribution is 2.28. The van der Waals surface area contributed by atoms with Crippen LogP contribution in [0, 0.1) is 0 Å². The van der Waals surface area contributed by atoms with E-state index >= 15 is 0 Å². The Labute approximate surface area is 118 Å². The maximum Gasteiger partial charge on any atom is 0.356 e. The number of hydrogen-bond donors (Lipinski definition) is 1. The van der Waals surface area contributed by atoms with Crippen molar-refractivity contribution in [3.63, 3.8) is 0 Å². The Balaban J connectivity index is 2.31.